The standard InChI is InChI=1S/C17H25BrN2O2/c1-17(2,3)22-16(21)20-8-7-14(12-20)11-19-10-13-5-4-6-15(18)9-13/h4-6,9,14,19H,7-8,10-12H2,1-3H3/t14-/m1/s1. The maximum absolute atomic E-state index is 12.0. The third-order valence-electron chi connectivity index (χ3n) is 3.59. The van der Waals surface area contributed by atoms with Crippen molar-refractivity contribution in [2.24, 2.45) is 5.92 Å². The second-order valence-corrected chi connectivity index (χ2v) is 7.76. The minimum Gasteiger partial charge on any atom is -0.444 e. The molecule has 5 heteroatoms. The summed E-state index contributed by atoms with van der Waals surface area (Å²) in [5, 5.41) is 3.48. The van der Waals surface area contributed by atoms with Gasteiger partial charge in [0.1, 0.15) is 5.60 Å². The van der Waals surface area contributed by atoms with Crippen LogP contribution in [0.1, 0.15) is 32.8 Å². The molecule has 4 nitrogen and oxygen atoms in total. The first-order valence-corrected chi connectivity index (χ1v) is 8.56. The number of hydrogen-bond acceptors (Lipinski definition) is 3. The van der Waals surface area contributed by atoms with E-state index < -0.39 is 5.60 Å². The molecule has 0 spiro atoms. The fraction of sp³-hybridized carbons (Fsp3) is 0.588. The number of benzene rings is 1. The van der Waals surface area contributed by atoms with Gasteiger partial charge in [-0.3, -0.25) is 0 Å². The number of halogens is 1. The topological polar surface area (TPSA) is 41.6 Å². The van der Waals surface area contributed by atoms with Gasteiger partial charge in [0.25, 0.3) is 0 Å². The van der Waals surface area contributed by atoms with Crippen molar-refractivity contribution in [2.75, 3.05) is 19.6 Å². The molecule has 1 N–H and O–H groups in total. The second kappa shape index (κ2) is 7.47. The Morgan fingerprint density at radius 1 is 1.45 bits per heavy atom. The van der Waals surface area contributed by atoms with Crippen LogP contribution in [0.3, 0.4) is 0 Å². The lowest BCUT2D eigenvalue weighted by molar-refractivity contribution is 0.0288. The number of ether oxygens (including phenoxy) is 1. The van der Waals surface area contributed by atoms with Crippen molar-refractivity contribution in [3.8, 4) is 0 Å². The van der Waals surface area contributed by atoms with E-state index in [2.05, 4.69) is 33.4 Å². The van der Waals surface area contributed by atoms with Crippen molar-refractivity contribution in [1.29, 1.82) is 0 Å². The third-order valence-corrected chi connectivity index (χ3v) is 4.08. The van der Waals surface area contributed by atoms with E-state index in [1.165, 1.54) is 5.56 Å². The Balaban J connectivity index is 1.71. The number of rotatable bonds is 4. The molecule has 0 aromatic heterocycles. The predicted octanol–water partition coefficient (Wildman–Crippen LogP) is 3.80. The molecule has 1 aromatic rings. The molecule has 0 saturated carbocycles. The third kappa shape index (κ3) is 5.61. The molecule has 1 fully saturated rings. The van der Waals surface area contributed by atoms with Gasteiger partial charge < -0.3 is 15.0 Å². The lowest BCUT2D eigenvalue weighted by Gasteiger charge is -2.24. The highest BCUT2D eigenvalue weighted by Crippen LogP contribution is 2.19. The lowest BCUT2D eigenvalue weighted by Crippen LogP contribution is -2.36. The molecule has 1 aliphatic rings. The molecule has 1 aliphatic heterocycles. The molecular formula is C17H25BrN2O2. The number of nitrogens with one attached hydrogen (secondary N) is 1. The summed E-state index contributed by atoms with van der Waals surface area (Å²) in [6, 6.07) is 8.30. The van der Waals surface area contributed by atoms with Gasteiger partial charge in [-0.15, -0.1) is 0 Å². The summed E-state index contributed by atoms with van der Waals surface area (Å²) in [7, 11) is 0. The Hall–Kier alpha value is -1.07. The fourth-order valence-electron chi connectivity index (χ4n) is 2.56. The monoisotopic (exact) mass is 368 g/mol. The quantitative estimate of drug-likeness (QED) is 0.878. The van der Waals surface area contributed by atoms with Crippen LogP contribution in [0.4, 0.5) is 4.79 Å². The molecule has 1 amide bonds. The SMILES string of the molecule is CC(C)(C)OC(=O)N1CC[C@H](CNCc2cccc(Br)c2)C1. The molecule has 1 aromatic carbocycles. The summed E-state index contributed by atoms with van der Waals surface area (Å²) in [5.74, 6) is 0.500. The zero-order valence-electron chi connectivity index (χ0n) is 13.6. The first kappa shape index (κ1) is 17.3. The molecule has 0 aliphatic carbocycles. The fourth-order valence-corrected chi connectivity index (χ4v) is 3.01. The first-order chi connectivity index (χ1) is 10.3. The Morgan fingerprint density at radius 2 is 2.23 bits per heavy atom. The minimum absolute atomic E-state index is 0.193. The second-order valence-electron chi connectivity index (χ2n) is 6.84. The Bertz CT molecular complexity index is 514. The number of carbonyl (C=O) groups excluding carboxylic acids is 1. The Morgan fingerprint density at radius 3 is 2.91 bits per heavy atom. The van der Waals surface area contributed by atoms with E-state index in [0.717, 1.165) is 37.1 Å². The lowest BCUT2D eigenvalue weighted by atomic mass is 10.1. The molecule has 0 radical (unpaired) electrons. The summed E-state index contributed by atoms with van der Waals surface area (Å²) < 4.78 is 6.52. The molecule has 0 unspecified atom stereocenters. The molecule has 2 rings (SSSR count). The van der Waals surface area contributed by atoms with Crippen LogP contribution in [-0.2, 0) is 11.3 Å². The maximum Gasteiger partial charge on any atom is 0.410 e. The van der Waals surface area contributed by atoms with Crippen LogP contribution in [0, 0.1) is 5.92 Å². The van der Waals surface area contributed by atoms with Gasteiger partial charge in [0.05, 0.1) is 0 Å². The molecule has 0 bridgehead atoms. The summed E-state index contributed by atoms with van der Waals surface area (Å²) in [6.07, 6.45) is 0.840. The van der Waals surface area contributed by atoms with Gasteiger partial charge in [-0.2, -0.15) is 0 Å². The number of likely N-dealkylation sites (tertiary alicyclic amines) is 1. The van der Waals surface area contributed by atoms with Crippen LogP contribution < -0.4 is 5.32 Å². The van der Waals surface area contributed by atoms with Crippen LogP contribution in [0.2, 0.25) is 0 Å². The summed E-state index contributed by atoms with van der Waals surface area (Å²) in [4.78, 5) is 13.8. The number of nitrogens with zero attached hydrogens (tertiary/aromatic N) is 1. The molecule has 1 saturated heterocycles. The maximum atomic E-state index is 12.0. The average molecular weight is 369 g/mol. The normalized spacial score (nSPS) is 18.5. The van der Waals surface area contributed by atoms with Crippen LogP contribution in [0.15, 0.2) is 28.7 Å². The van der Waals surface area contributed by atoms with E-state index in [1.807, 2.05) is 37.8 Å². The molecular weight excluding hydrogens is 344 g/mol. The highest BCUT2D eigenvalue weighted by Gasteiger charge is 2.29. The minimum atomic E-state index is -0.423. The van der Waals surface area contributed by atoms with Gasteiger partial charge >= 0.3 is 6.09 Å². The van der Waals surface area contributed by atoms with Crippen molar-refractivity contribution in [1.82, 2.24) is 10.2 Å². The zero-order chi connectivity index (χ0) is 16.2. The van der Waals surface area contributed by atoms with Gasteiger partial charge in [-0.05, 0) is 50.8 Å². The molecule has 22 heavy (non-hydrogen) atoms. The van der Waals surface area contributed by atoms with Crippen molar-refractivity contribution in [3.05, 3.63) is 34.3 Å². The summed E-state index contributed by atoms with van der Waals surface area (Å²) in [6.45, 7) is 9.04. The van der Waals surface area contributed by atoms with E-state index in [4.69, 9.17) is 4.74 Å². The Kier molecular flexibility index (Phi) is 5.87. The van der Waals surface area contributed by atoms with Crippen LogP contribution in [-0.4, -0.2) is 36.2 Å². The largest absolute Gasteiger partial charge is 0.444 e. The van der Waals surface area contributed by atoms with Crippen LogP contribution >= 0.6 is 15.9 Å². The van der Waals surface area contributed by atoms with E-state index in [0.29, 0.717) is 5.92 Å². The number of hydrogen-bond donors (Lipinski definition) is 1. The van der Waals surface area contributed by atoms with Crippen LogP contribution in [0.25, 0.3) is 0 Å². The predicted molar refractivity (Wildman–Crippen MR) is 91.8 cm³/mol. The summed E-state index contributed by atoms with van der Waals surface area (Å²) >= 11 is 3.48. The first-order valence-electron chi connectivity index (χ1n) is 7.76. The van der Waals surface area contributed by atoms with Crippen LogP contribution in [0.5, 0.6) is 0 Å². The molecule has 1 atom stereocenters. The van der Waals surface area contributed by atoms with E-state index in [1.54, 1.807) is 0 Å². The van der Waals surface area contributed by atoms with Crippen molar-refractivity contribution in [3.63, 3.8) is 0 Å². The smallest absolute Gasteiger partial charge is 0.410 e. The summed E-state index contributed by atoms with van der Waals surface area (Å²) in [5.41, 5.74) is 0.838. The Labute approximate surface area is 141 Å². The van der Waals surface area contributed by atoms with Gasteiger partial charge in [-0.1, -0.05) is 28.1 Å². The van der Waals surface area contributed by atoms with Crippen molar-refractivity contribution < 1.29 is 9.53 Å². The van der Waals surface area contributed by atoms with Crippen molar-refractivity contribution >= 4 is 22.0 Å². The van der Waals surface area contributed by atoms with Gasteiger partial charge in [0, 0.05) is 30.7 Å². The zero-order valence-corrected chi connectivity index (χ0v) is 15.1. The van der Waals surface area contributed by atoms with Crippen molar-refractivity contribution in [2.45, 2.75) is 39.3 Å². The van der Waals surface area contributed by atoms with E-state index in [9.17, 15) is 4.79 Å². The van der Waals surface area contributed by atoms with Gasteiger partial charge in [-0.25, -0.2) is 4.79 Å². The molecule has 122 valence electrons. The highest BCUT2D eigenvalue weighted by atomic mass is 79.9. The average Bonchev–Trinajstić information content (AvgIpc) is 2.86. The van der Waals surface area contributed by atoms with E-state index in [-0.39, 0.29) is 6.09 Å². The highest BCUT2D eigenvalue weighted by molar-refractivity contribution is 9.10. The van der Waals surface area contributed by atoms with E-state index >= 15 is 0 Å². The van der Waals surface area contributed by atoms with Gasteiger partial charge in [0.2, 0.25) is 0 Å². The molecule has 1 heterocycles. The van der Waals surface area contributed by atoms with Gasteiger partial charge in [0.15, 0.2) is 0 Å². The number of carbonyl (C=O) groups is 1. The number of amides is 1.